The second-order valence-electron chi connectivity index (χ2n) is 6.44. The van der Waals surface area contributed by atoms with E-state index in [2.05, 4.69) is 32.6 Å². The van der Waals surface area contributed by atoms with Crippen LogP contribution < -0.4 is 5.32 Å². The van der Waals surface area contributed by atoms with E-state index in [4.69, 9.17) is 0 Å². The van der Waals surface area contributed by atoms with E-state index in [-0.39, 0.29) is 11.8 Å². The highest BCUT2D eigenvalue weighted by atomic mass is 16.2. The van der Waals surface area contributed by atoms with E-state index in [1.807, 2.05) is 31.2 Å². The second-order valence-corrected chi connectivity index (χ2v) is 6.44. The van der Waals surface area contributed by atoms with Gasteiger partial charge in [0.15, 0.2) is 5.82 Å². The zero-order chi connectivity index (χ0) is 17.2. The lowest BCUT2D eigenvalue weighted by atomic mass is 9.82. The number of amides is 1. The molecule has 1 aliphatic rings. The van der Waals surface area contributed by atoms with Crippen molar-refractivity contribution in [3.63, 3.8) is 0 Å². The average molecular weight is 332 g/mol. The molecule has 126 valence electrons. The summed E-state index contributed by atoms with van der Waals surface area (Å²) in [5, 5.41) is 10.3. The van der Waals surface area contributed by atoms with Crippen LogP contribution in [0.1, 0.15) is 35.4 Å². The number of carbonyl (C=O) groups is 1. The van der Waals surface area contributed by atoms with Crippen LogP contribution in [0.4, 0.5) is 5.82 Å². The van der Waals surface area contributed by atoms with Gasteiger partial charge in [-0.3, -0.25) is 14.9 Å². The van der Waals surface area contributed by atoms with E-state index in [1.54, 1.807) is 12.4 Å². The summed E-state index contributed by atoms with van der Waals surface area (Å²) >= 11 is 0. The van der Waals surface area contributed by atoms with Gasteiger partial charge >= 0.3 is 0 Å². The molecule has 2 aromatic heterocycles. The first-order chi connectivity index (χ1) is 12.2. The molecule has 2 heterocycles. The fraction of sp³-hybridized carbons (Fsp3) is 0.250. The number of fused-ring (bicyclic) bond motifs is 1. The number of pyridine rings is 1. The Hall–Kier alpha value is -2.95. The Bertz CT molecular complexity index is 901. The fourth-order valence-electron chi connectivity index (χ4n) is 3.55. The van der Waals surface area contributed by atoms with Crippen molar-refractivity contribution in [3.8, 4) is 11.3 Å². The van der Waals surface area contributed by atoms with Crippen LogP contribution in [0.15, 0.2) is 48.8 Å². The van der Waals surface area contributed by atoms with Crippen molar-refractivity contribution in [3.05, 3.63) is 65.5 Å². The Morgan fingerprint density at radius 3 is 2.84 bits per heavy atom. The Balaban J connectivity index is 1.58. The van der Waals surface area contributed by atoms with Gasteiger partial charge in [0.05, 0.1) is 11.6 Å². The maximum absolute atomic E-state index is 12.9. The van der Waals surface area contributed by atoms with Crippen molar-refractivity contribution in [1.29, 1.82) is 0 Å². The van der Waals surface area contributed by atoms with Crippen LogP contribution in [0.3, 0.4) is 0 Å². The number of aromatic amines is 1. The van der Waals surface area contributed by atoms with E-state index in [0.29, 0.717) is 5.82 Å². The minimum atomic E-state index is -0.106. The number of aromatic nitrogens is 3. The number of aryl methyl sites for hydroxylation is 1. The molecule has 25 heavy (non-hydrogen) atoms. The van der Waals surface area contributed by atoms with Gasteiger partial charge in [0.25, 0.3) is 0 Å². The standard InChI is InChI=1S/C20H20N4O/c1-13-18(15-9-11-21-12-10-15)23-24-19(13)22-20(25)17-8-4-6-14-5-2-3-7-16(14)17/h2-3,5,7,9-12,17H,4,6,8H2,1H3,(H2,22,23,24,25). The highest BCUT2D eigenvalue weighted by molar-refractivity contribution is 5.96. The predicted molar refractivity (Wildman–Crippen MR) is 97.3 cm³/mol. The quantitative estimate of drug-likeness (QED) is 0.765. The van der Waals surface area contributed by atoms with Crippen molar-refractivity contribution >= 4 is 11.7 Å². The van der Waals surface area contributed by atoms with Gasteiger partial charge in [-0.2, -0.15) is 5.10 Å². The maximum Gasteiger partial charge on any atom is 0.233 e. The summed E-state index contributed by atoms with van der Waals surface area (Å²) < 4.78 is 0. The molecule has 4 rings (SSSR count). The summed E-state index contributed by atoms with van der Waals surface area (Å²) in [6, 6.07) is 12.1. The molecular formula is C20H20N4O. The second kappa shape index (κ2) is 6.51. The first-order valence-corrected chi connectivity index (χ1v) is 8.58. The minimum Gasteiger partial charge on any atom is -0.308 e. The molecule has 5 nitrogen and oxygen atoms in total. The molecule has 0 radical (unpaired) electrons. The molecule has 1 amide bonds. The highest BCUT2D eigenvalue weighted by Gasteiger charge is 2.27. The zero-order valence-electron chi connectivity index (χ0n) is 14.1. The Kier molecular flexibility index (Phi) is 4.06. The van der Waals surface area contributed by atoms with Crippen molar-refractivity contribution in [2.75, 3.05) is 5.32 Å². The van der Waals surface area contributed by atoms with Crippen LogP contribution in [0.5, 0.6) is 0 Å². The predicted octanol–water partition coefficient (Wildman–Crippen LogP) is 3.84. The van der Waals surface area contributed by atoms with E-state index in [1.165, 1.54) is 5.56 Å². The van der Waals surface area contributed by atoms with Crippen LogP contribution in [0.2, 0.25) is 0 Å². The number of carbonyl (C=O) groups excluding carboxylic acids is 1. The number of H-pyrrole nitrogens is 1. The van der Waals surface area contributed by atoms with Crippen LogP contribution in [-0.2, 0) is 11.2 Å². The summed E-state index contributed by atoms with van der Waals surface area (Å²) in [6.07, 6.45) is 6.45. The first-order valence-electron chi connectivity index (χ1n) is 8.58. The Labute approximate surface area is 146 Å². The molecule has 0 aliphatic heterocycles. The molecule has 2 N–H and O–H groups in total. The molecule has 1 aliphatic carbocycles. The molecule has 0 bridgehead atoms. The molecule has 0 fully saturated rings. The summed E-state index contributed by atoms with van der Waals surface area (Å²) in [5.41, 5.74) is 5.27. The van der Waals surface area contributed by atoms with Crippen molar-refractivity contribution in [2.45, 2.75) is 32.1 Å². The summed E-state index contributed by atoms with van der Waals surface area (Å²) in [4.78, 5) is 16.9. The zero-order valence-corrected chi connectivity index (χ0v) is 14.1. The average Bonchev–Trinajstić information content (AvgIpc) is 3.02. The maximum atomic E-state index is 12.9. The summed E-state index contributed by atoms with van der Waals surface area (Å²) in [7, 11) is 0. The van der Waals surface area contributed by atoms with Crippen LogP contribution >= 0.6 is 0 Å². The third-order valence-corrected chi connectivity index (χ3v) is 4.91. The largest absolute Gasteiger partial charge is 0.308 e. The number of benzene rings is 1. The van der Waals surface area contributed by atoms with Crippen molar-refractivity contribution in [2.24, 2.45) is 0 Å². The lowest BCUT2D eigenvalue weighted by Crippen LogP contribution is -2.25. The van der Waals surface area contributed by atoms with Gasteiger partial charge in [-0.15, -0.1) is 0 Å². The SMILES string of the molecule is Cc1c(NC(=O)C2CCCc3ccccc32)n[nH]c1-c1ccncc1. The number of hydrogen-bond acceptors (Lipinski definition) is 3. The number of nitrogens with one attached hydrogen (secondary N) is 2. The molecule has 1 unspecified atom stereocenters. The van der Waals surface area contributed by atoms with Crippen LogP contribution in [0, 0.1) is 6.92 Å². The lowest BCUT2D eigenvalue weighted by Gasteiger charge is -2.24. The van der Waals surface area contributed by atoms with E-state index in [9.17, 15) is 4.79 Å². The summed E-state index contributed by atoms with van der Waals surface area (Å²) in [6.45, 7) is 1.96. The minimum absolute atomic E-state index is 0.0167. The molecule has 1 aromatic carbocycles. The van der Waals surface area contributed by atoms with Gasteiger partial charge < -0.3 is 5.32 Å². The van der Waals surface area contributed by atoms with Gasteiger partial charge in [0.1, 0.15) is 0 Å². The molecular weight excluding hydrogens is 312 g/mol. The van der Waals surface area contributed by atoms with Gasteiger partial charge in [-0.1, -0.05) is 24.3 Å². The monoisotopic (exact) mass is 332 g/mol. The highest BCUT2D eigenvalue weighted by Crippen LogP contribution is 2.33. The molecule has 0 saturated carbocycles. The Morgan fingerprint density at radius 2 is 2.00 bits per heavy atom. The lowest BCUT2D eigenvalue weighted by molar-refractivity contribution is -0.117. The van der Waals surface area contributed by atoms with E-state index in [0.717, 1.165) is 41.6 Å². The Morgan fingerprint density at radius 1 is 1.20 bits per heavy atom. The molecule has 3 aromatic rings. The van der Waals surface area contributed by atoms with Gasteiger partial charge in [0, 0.05) is 23.5 Å². The number of hydrogen-bond donors (Lipinski definition) is 2. The smallest absolute Gasteiger partial charge is 0.233 e. The van der Waals surface area contributed by atoms with Crippen molar-refractivity contribution < 1.29 is 4.79 Å². The molecule has 0 saturated heterocycles. The number of rotatable bonds is 3. The van der Waals surface area contributed by atoms with E-state index >= 15 is 0 Å². The van der Waals surface area contributed by atoms with Gasteiger partial charge in [-0.25, -0.2) is 0 Å². The third-order valence-electron chi connectivity index (χ3n) is 4.91. The van der Waals surface area contributed by atoms with Gasteiger partial charge in [0.2, 0.25) is 5.91 Å². The molecule has 1 atom stereocenters. The van der Waals surface area contributed by atoms with Gasteiger partial charge in [-0.05, 0) is 49.4 Å². The van der Waals surface area contributed by atoms with Crippen LogP contribution in [-0.4, -0.2) is 21.1 Å². The van der Waals surface area contributed by atoms with E-state index < -0.39 is 0 Å². The fourth-order valence-corrected chi connectivity index (χ4v) is 3.55. The first kappa shape index (κ1) is 15.6. The van der Waals surface area contributed by atoms with Crippen molar-refractivity contribution in [1.82, 2.24) is 15.2 Å². The van der Waals surface area contributed by atoms with Crippen LogP contribution in [0.25, 0.3) is 11.3 Å². The molecule has 5 heteroatoms. The third kappa shape index (κ3) is 2.93. The molecule has 0 spiro atoms. The normalized spacial score (nSPS) is 16.3. The summed E-state index contributed by atoms with van der Waals surface area (Å²) in [5.74, 6) is 0.508. The topological polar surface area (TPSA) is 70.7 Å². The number of nitrogens with zero attached hydrogens (tertiary/aromatic N) is 2. The number of anilines is 1.